The van der Waals surface area contributed by atoms with Crippen molar-refractivity contribution in [2.24, 2.45) is 5.73 Å². The van der Waals surface area contributed by atoms with Gasteiger partial charge in [0.1, 0.15) is 0 Å². The van der Waals surface area contributed by atoms with E-state index < -0.39 is 6.29 Å². The fourth-order valence-corrected chi connectivity index (χ4v) is 5.21. The van der Waals surface area contributed by atoms with Crippen LogP contribution in [0.25, 0.3) is 22.2 Å². The van der Waals surface area contributed by atoms with Gasteiger partial charge in [-0.1, -0.05) is 84.9 Å². The lowest BCUT2D eigenvalue weighted by Gasteiger charge is -2.36. The number of aliphatic hydroxyl groups excluding tert-OH is 1. The van der Waals surface area contributed by atoms with Crippen LogP contribution in [0.1, 0.15) is 41.1 Å². The summed E-state index contributed by atoms with van der Waals surface area (Å²) in [5.41, 5.74) is 14.3. The van der Waals surface area contributed by atoms with E-state index >= 15 is 0 Å². The zero-order valence-corrected chi connectivity index (χ0v) is 21.1. The first kappa shape index (κ1) is 24.5. The smallest absolute Gasteiger partial charge is 0.184 e. The normalized spacial score (nSPS) is 19.6. The molecule has 0 amide bonds. The van der Waals surface area contributed by atoms with Gasteiger partial charge in [0.2, 0.25) is 0 Å². The molecule has 1 aliphatic heterocycles. The molecule has 0 saturated carbocycles. The average molecular weight is 506 g/mol. The van der Waals surface area contributed by atoms with E-state index in [-0.39, 0.29) is 18.8 Å². The SMILES string of the molecule is NCc1ccccc1-c1ccc(C2OC(Cn3cnc4ccccc43)CC(c3ccc(CO)cc3)O2)cc1. The number of fused-ring (bicyclic) bond motifs is 1. The summed E-state index contributed by atoms with van der Waals surface area (Å²) in [5.74, 6) is 0. The number of hydrogen-bond acceptors (Lipinski definition) is 5. The molecule has 192 valence electrons. The minimum atomic E-state index is -0.509. The number of rotatable bonds is 7. The molecule has 0 spiro atoms. The van der Waals surface area contributed by atoms with Crippen molar-refractivity contribution in [2.75, 3.05) is 0 Å². The maximum atomic E-state index is 9.47. The molecular formula is C32H31N3O3. The van der Waals surface area contributed by atoms with Crippen LogP contribution < -0.4 is 5.73 Å². The van der Waals surface area contributed by atoms with E-state index in [1.165, 1.54) is 0 Å². The zero-order chi connectivity index (χ0) is 25.9. The molecule has 38 heavy (non-hydrogen) atoms. The van der Waals surface area contributed by atoms with E-state index in [0.29, 0.717) is 19.5 Å². The Morgan fingerprint density at radius 3 is 2.37 bits per heavy atom. The van der Waals surface area contributed by atoms with Crippen molar-refractivity contribution in [2.45, 2.75) is 44.6 Å². The quantitative estimate of drug-likeness (QED) is 0.288. The fourth-order valence-electron chi connectivity index (χ4n) is 5.21. The topological polar surface area (TPSA) is 82.5 Å². The van der Waals surface area contributed by atoms with Crippen LogP contribution in [0.4, 0.5) is 0 Å². The summed E-state index contributed by atoms with van der Waals surface area (Å²) in [6.45, 7) is 1.19. The van der Waals surface area contributed by atoms with Crippen LogP contribution in [0.5, 0.6) is 0 Å². The third-order valence-corrected chi connectivity index (χ3v) is 7.27. The van der Waals surface area contributed by atoms with Crippen LogP contribution in [0.15, 0.2) is 103 Å². The lowest BCUT2D eigenvalue weighted by molar-refractivity contribution is -0.252. The Morgan fingerprint density at radius 2 is 1.58 bits per heavy atom. The van der Waals surface area contributed by atoms with E-state index in [1.54, 1.807) is 0 Å². The highest BCUT2D eigenvalue weighted by molar-refractivity contribution is 5.75. The van der Waals surface area contributed by atoms with Crippen LogP contribution in [-0.2, 0) is 29.2 Å². The van der Waals surface area contributed by atoms with Gasteiger partial charge in [0, 0.05) is 18.5 Å². The molecule has 3 N–H and O–H groups in total. The molecule has 0 radical (unpaired) electrons. The molecule has 1 aliphatic rings. The van der Waals surface area contributed by atoms with Gasteiger partial charge in [-0.25, -0.2) is 4.98 Å². The van der Waals surface area contributed by atoms with Crippen molar-refractivity contribution in [1.29, 1.82) is 0 Å². The molecule has 6 nitrogen and oxygen atoms in total. The fraction of sp³-hybridized carbons (Fsp3) is 0.219. The molecule has 5 aromatic rings. The molecule has 1 fully saturated rings. The van der Waals surface area contributed by atoms with Gasteiger partial charge in [-0.2, -0.15) is 0 Å². The molecule has 2 heterocycles. The number of benzene rings is 4. The van der Waals surface area contributed by atoms with Crippen molar-refractivity contribution < 1.29 is 14.6 Å². The number of nitrogens with zero attached hydrogens (tertiary/aromatic N) is 2. The molecular weight excluding hydrogens is 474 g/mol. The van der Waals surface area contributed by atoms with E-state index in [9.17, 15) is 5.11 Å². The van der Waals surface area contributed by atoms with Gasteiger partial charge in [0.05, 0.1) is 42.7 Å². The summed E-state index contributed by atoms with van der Waals surface area (Å²) in [5, 5.41) is 9.47. The van der Waals surface area contributed by atoms with Gasteiger partial charge < -0.3 is 24.9 Å². The largest absolute Gasteiger partial charge is 0.392 e. The summed E-state index contributed by atoms with van der Waals surface area (Å²) >= 11 is 0. The predicted molar refractivity (Wildman–Crippen MR) is 148 cm³/mol. The standard InChI is InChI=1S/C32H31N3O3/c33-18-26-5-1-2-6-28(26)23-13-15-25(16-14-23)32-37-27(19-35-21-34-29-7-3-4-8-30(29)35)17-31(38-32)24-11-9-22(20-36)10-12-24/h1-16,21,27,31-32,36H,17-20,33H2. The van der Waals surface area contributed by atoms with Gasteiger partial charge in [-0.3, -0.25) is 0 Å². The number of aromatic nitrogens is 2. The monoisotopic (exact) mass is 505 g/mol. The summed E-state index contributed by atoms with van der Waals surface area (Å²) in [7, 11) is 0. The van der Waals surface area contributed by atoms with Crippen molar-refractivity contribution in [3.05, 3.63) is 126 Å². The second-order valence-electron chi connectivity index (χ2n) is 9.72. The molecule has 6 heteroatoms. The number of hydrogen-bond donors (Lipinski definition) is 2. The molecule has 0 bridgehead atoms. The van der Waals surface area contributed by atoms with Gasteiger partial charge >= 0.3 is 0 Å². The molecule has 4 aromatic carbocycles. The minimum absolute atomic E-state index is 0.0213. The van der Waals surface area contributed by atoms with E-state index in [4.69, 9.17) is 15.2 Å². The highest BCUT2D eigenvalue weighted by Gasteiger charge is 2.32. The Labute approximate surface area is 222 Å². The maximum Gasteiger partial charge on any atom is 0.184 e. The first-order valence-corrected chi connectivity index (χ1v) is 13.0. The zero-order valence-electron chi connectivity index (χ0n) is 21.1. The van der Waals surface area contributed by atoms with Crippen molar-refractivity contribution in [3.8, 4) is 11.1 Å². The van der Waals surface area contributed by atoms with Crippen molar-refractivity contribution in [1.82, 2.24) is 9.55 Å². The third-order valence-electron chi connectivity index (χ3n) is 7.27. The van der Waals surface area contributed by atoms with Crippen LogP contribution >= 0.6 is 0 Å². The first-order valence-electron chi connectivity index (χ1n) is 13.0. The molecule has 1 saturated heterocycles. The Kier molecular flexibility index (Phi) is 7.03. The molecule has 3 atom stereocenters. The third kappa shape index (κ3) is 4.99. The van der Waals surface area contributed by atoms with Crippen molar-refractivity contribution >= 4 is 11.0 Å². The van der Waals surface area contributed by atoms with Crippen LogP contribution in [0, 0.1) is 0 Å². The predicted octanol–water partition coefficient (Wildman–Crippen LogP) is 5.90. The van der Waals surface area contributed by atoms with Crippen LogP contribution in [-0.4, -0.2) is 20.8 Å². The van der Waals surface area contributed by atoms with E-state index in [0.717, 1.165) is 44.4 Å². The highest BCUT2D eigenvalue weighted by Crippen LogP contribution is 2.39. The number of aliphatic hydroxyl groups is 1. The maximum absolute atomic E-state index is 9.47. The van der Waals surface area contributed by atoms with E-state index in [1.807, 2.05) is 60.9 Å². The van der Waals surface area contributed by atoms with Gasteiger partial charge in [-0.05, 0) is 39.9 Å². The second-order valence-corrected chi connectivity index (χ2v) is 9.72. The highest BCUT2D eigenvalue weighted by atomic mass is 16.7. The van der Waals surface area contributed by atoms with Gasteiger partial charge in [0.15, 0.2) is 6.29 Å². The lowest BCUT2D eigenvalue weighted by atomic mass is 9.97. The average Bonchev–Trinajstić information content (AvgIpc) is 3.39. The minimum Gasteiger partial charge on any atom is -0.392 e. The Balaban J connectivity index is 1.29. The van der Waals surface area contributed by atoms with Crippen molar-refractivity contribution in [3.63, 3.8) is 0 Å². The molecule has 1 aromatic heterocycles. The Bertz CT molecular complexity index is 1510. The summed E-state index contributed by atoms with van der Waals surface area (Å²) in [4.78, 5) is 4.55. The summed E-state index contributed by atoms with van der Waals surface area (Å²) < 4.78 is 15.2. The lowest BCUT2D eigenvalue weighted by Crippen LogP contribution is -2.32. The summed E-state index contributed by atoms with van der Waals surface area (Å²) in [6.07, 6.45) is 1.87. The second kappa shape index (κ2) is 10.9. The molecule has 3 unspecified atom stereocenters. The molecule has 0 aliphatic carbocycles. The number of ether oxygens (including phenoxy) is 2. The first-order chi connectivity index (χ1) is 18.7. The number of para-hydroxylation sites is 2. The van der Waals surface area contributed by atoms with Gasteiger partial charge in [-0.15, -0.1) is 0 Å². The van der Waals surface area contributed by atoms with Crippen LogP contribution in [0.3, 0.4) is 0 Å². The molecule has 6 rings (SSSR count). The number of nitrogens with two attached hydrogens (primary N) is 1. The Morgan fingerprint density at radius 1 is 0.842 bits per heavy atom. The summed E-state index contributed by atoms with van der Waals surface area (Å²) in [6, 6.07) is 32.7. The number of imidazole rings is 1. The Hall–Kier alpha value is -3.81. The van der Waals surface area contributed by atoms with E-state index in [2.05, 4.69) is 52.0 Å². The van der Waals surface area contributed by atoms with Gasteiger partial charge in [0.25, 0.3) is 0 Å². The van der Waals surface area contributed by atoms with Crippen LogP contribution in [0.2, 0.25) is 0 Å².